The first-order chi connectivity index (χ1) is 14.2. The van der Waals surface area contributed by atoms with E-state index in [1.54, 1.807) is 31.4 Å². The van der Waals surface area contributed by atoms with Crippen molar-refractivity contribution in [3.63, 3.8) is 0 Å². The number of nitrogens with one attached hydrogen (secondary N) is 1. The minimum Gasteiger partial charge on any atom is -0.497 e. The van der Waals surface area contributed by atoms with Crippen molar-refractivity contribution in [3.05, 3.63) is 48.0 Å². The molecule has 0 saturated heterocycles. The third-order valence-electron chi connectivity index (χ3n) is 4.21. The third-order valence-corrected chi connectivity index (χ3v) is 6.03. The van der Waals surface area contributed by atoms with Crippen molar-refractivity contribution in [1.29, 1.82) is 0 Å². The zero-order valence-corrected chi connectivity index (χ0v) is 18.7. The molecule has 0 heterocycles. The molecule has 164 valence electrons. The first-order valence-corrected chi connectivity index (χ1v) is 10.8. The van der Waals surface area contributed by atoms with Crippen LogP contribution >= 0.6 is 0 Å². The molecule has 0 aliphatic rings. The number of ether oxygens (including phenoxy) is 3. The SMILES string of the molecule is COc1ccc(S(=O)(=O)N(C)CC(=O)NCc2ccc(OC(C)C)c(OC)c2)cc1. The molecule has 0 spiro atoms. The van der Waals surface area contributed by atoms with E-state index in [-0.39, 0.29) is 24.1 Å². The number of amides is 1. The van der Waals surface area contributed by atoms with Crippen LogP contribution in [0.4, 0.5) is 0 Å². The maximum atomic E-state index is 12.6. The molecule has 1 N–H and O–H groups in total. The van der Waals surface area contributed by atoms with Crippen molar-refractivity contribution in [2.24, 2.45) is 0 Å². The molecule has 0 fully saturated rings. The number of carbonyl (C=O) groups is 1. The average Bonchev–Trinajstić information content (AvgIpc) is 2.72. The molecule has 0 saturated carbocycles. The predicted molar refractivity (Wildman–Crippen MR) is 113 cm³/mol. The number of benzene rings is 2. The van der Waals surface area contributed by atoms with E-state index in [0.29, 0.717) is 17.2 Å². The fraction of sp³-hybridized carbons (Fsp3) is 0.381. The van der Waals surface area contributed by atoms with Crippen molar-refractivity contribution in [2.45, 2.75) is 31.4 Å². The van der Waals surface area contributed by atoms with E-state index >= 15 is 0 Å². The zero-order chi connectivity index (χ0) is 22.3. The normalized spacial score (nSPS) is 11.4. The van der Waals surface area contributed by atoms with Gasteiger partial charge in [-0.05, 0) is 55.8 Å². The van der Waals surface area contributed by atoms with Crippen LogP contribution in [-0.4, -0.2) is 52.5 Å². The maximum absolute atomic E-state index is 12.6. The second kappa shape index (κ2) is 10.3. The first-order valence-electron chi connectivity index (χ1n) is 9.38. The van der Waals surface area contributed by atoms with Crippen molar-refractivity contribution in [3.8, 4) is 17.2 Å². The fourth-order valence-corrected chi connectivity index (χ4v) is 3.77. The number of hydrogen-bond donors (Lipinski definition) is 1. The minimum atomic E-state index is -3.79. The predicted octanol–water partition coefficient (Wildman–Crippen LogP) is 2.43. The highest BCUT2D eigenvalue weighted by atomic mass is 32.2. The highest BCUT2D eigenvalue weighted by molar-refractivity contribution is 7.89. The van der Waals surface area contributed by atoms with Crippen molar-refractivity contribution < 1.29 is 27.4 Å². The molecule has 30 heavy (non-hydrogen) atoms. The monoisotopic (exact) mass is 436 g/mol. The van der Waals surface area contributed by atoms with E-state index in [4.69, 9.17) is 14.2 Å². The summed E-state index contributed by atoms with van der Waals surface area (Å²) in [4.78, 5) is 12.4. The zero-order valence-electron chi connectivity index (χ0n) is 17.8. The standard InChI is InChI=1S/C21H28N2O6S/c1-15(2)29-19-11-6-16(12-20(19)28-5)13-22-21(24)14-23(3)30(25,26)18-9-7-17(27-4)8-10-18/h6-12,15H,13-14H2,1-5H3,(H,22,24). The van der Waals surface area contributed by atoms with Crippen molar-refractivity contribution in [1.82, 2.24) is 9.62 Å². The van der Waals surface area contributed by atoms with Crippen LogP contribution in [-0.2, 0) is 21.4 Å². The lowest BCUT2D eigenvalue weighted by Crippen LogP contribution is -2.38. The van der Waals surface area contributed by atoms with Gasteiger partial charge < -0.3 is 19.5 Å². The van der Waals surface area contributed by atoms with Crippen LogP contribution in [0.15, 0.2) is 47.4 Å². The summed E-state index contributed by atoms with van der Waals surface area (Å²) >= 11 is 0. The molecule has 2 aromatic rings. The van der Waals surface area contributed by atoms with E-state index in [1.165, 1.54) is 26.3 Å². The Balaban J connectivity index is 1.98. The molecule has 0 aromatic heterocycles. The number of rotatable bonds is 10. The topological polar surface area (TPSA) is 94.2 Å². The fourth-order valence-electron chi connectivity index (χ4n) is 2.64. The largest absolute Gasteiger partial charge is 0.497 e. The highest BCUT2D eigenvalue weighted by Gasteiger charge is 2.23. The number of hydrogen-bond acceptors (Lipinski definition) is 6. The van der Waals surface area contributed by atoms with Gasteiger partial charge in [-0.1, -0.05) is 6.07 Å². The second-order valence-corrected chi connectivity index (χ2v) is 8.91. The summed E-state index contributed by atoms with van der Waals surface area (Å²) in [6.07, 6.45) is 0.00707. The molecule has 0 aliphatic heterocycles. The van der Waals surface area contributed by atoms with Crippen LogP contribution in [0.2, 0.25) is 0 Å². The number of likely N-dealkylation sites (N-methyl/N-ethyl adjacent to an activating group) is 1. The number of nitrogens with zero attached hydrogens (tertiary/aromatic N) is 1. The van der Waals surface area contributed by atoms with Gasteiger partial charge in [0.15, 0.2) is 11.5 Å². The van der Waals surface area contributed by atoms with Gasteiger partial charge in [-0.3, -0.25) is 4.79 Å². The van der Waals surface area contributed by atoms with E-state index < -0.39 is 15.9 Å². The Kier molecular flexibility index (Phi) is 8.08. The van der Waals surface area contributed by atoms with Gasteiger partial charge in [-0.25, -0.2) is 8.42 Å². The molecule has 0 aliphatic carbocycles. The summed E-state index contributed by atoms with van der Waals surface area (Å²) in [6, 6.07) is 11.4. The molecule has 0 atom stereocenters. The molecule has 2 aromatic carbocycles. The summed E-state index contributed by atoms with van der Waals surface area (Å²) in [7, 11) is 0.618. The third kappa shape index (κ3) is 6.11. The Morgan fingerprint density at radius 1 is 1.03 bits per heavy atom. The lowest BCUT2D eigenvalue weighted by Gasteiger charge is -2.17. The van der Waals surface area contributed by atoms with Crippen LogP contribution in [0.1, 0.15) is 19.4 Å². The van der Waals surface area contributed by atoms with Crippen LogP contribution < -0.4 is 19.5 Å². The molecule has 9 heteroatoms. The van der Waals surface area contributed by atoms with Crippen LogP contribution in [0.3, 0.4) is 0 Å². The van der Waals surface area contributed by atoms with Crippen LogP contribution in [0.25, 0.3) is 0 Å². The summed E-state index contributed by atoms with van der Waals surface area (Å²) in [5.41, 5.74) is 0.803. The molecule has 1 amide bonds. The van der Waals surface area contributed by atoms with Gasteiger partial charge in [0.25, 0.3) is 0 Å². The van der Waals surface area contributed by atoms with E-state index in [9.17, 15) is 13.2 Å². The van der Waals surface area contributed by atoms with Crippen molar-refractivity contribution in [2.75, 3.05) is 27.8 Å². The van der Waals surface area contributed by atoms with Gasteiger partial charge in [-0.2, -0.15) is 4.31 Å². The molecule has 0 unspecified atom stereocenters. The lowest BCUT2D eigenvalue weighted by atomic mass is 10.2. The van der Waals surface area contributed by atoms with Gasteiger partial charge in [0.1, 0.15) is 5.75 Å². The molecule has 0 radical (unpaired) electrons. The van der Waals surface area contributed by atoms with Gasteiger partial charge in [-0.15, -0.1) is 0 Å². The molecular weight excluding hydrogens is 408 g/mol. The molecular formula is C21H28N2O6S. The average molecular weight is 437 g/mol. The quantitative estimate of drug-likeness (QED) is 0.615. The Morgan fingerprint density at radius 3 is 2.27 bits per heavy atom. The number of methoxy groups -OCH3 is 2. The Bertz CT molecular complexity index is 958. The van der Waals surface area contributed by atoms with Crippen LogP contribution in [0, 0.1) is 0 Å². The summed E-state index contributed by atoms with van der Waals surface area (Å²) in [5, 5.41) is 2.72. The number of sulfonamides is 1. The lowest BCUT2D eigenvalue weighted by molar-refractivity contribution is -0.121. The summed E-state index contributed by atoms with van der Waals surface area (Å²) in [6.45, 7) is 3.77. The first kappa shape index (κ1) is 23.5. The van der Waals surface area contributed by atoms with Crippen molar-refractivity contribution >= 4 is 15.9 Å². The van der Waals surface area contributed by atoms with E-state index in [1.807, 2.05) is 19.9 Å². The van der Waals surface area contributed by atoms with Gasteiger partial charge >= 0.3 is 0 Å². The Labute approximate surface area is 177 Å². The Morgan fingerprint density at radius 2 is 1.70 bits per heavy atom. The molecule has 0 bridgehead atoms. The Hall–Kier alpha value is -2.78. The molecule has 8 nitrogen and oxygen atoms in total. The smallest absolute Gasteiger partial charge is 0.243 e. The van der Waals surface area contributed by atoms with Gasteiger partial charge in [0.05, 0.1) is 31.8 Å². The highest BCUT2D eigenvalue weighted by Crippen LogP contribution is 2.29. The van der Waals surface area contributed by atoms with E-state index in [2.05, 4.69) is 5.32 Å². The van der Waals surface area contributed by atoms with E-state index in [0.717, 1.165) is 9.87 Å². The second-order valence-electron chi connectivity index (χ2n) is 6.87. The van der Waals surface area contributed by atoms with Gasteiger partial charge in [0, 0.05) is 13.6 Å². The number of carbonyl (C=O) groups excluding carboxylic acids is 1. The molecule has 2 rings (SSSR count). The minimum absolute atomic E-state index is 0.00707. The maximum Gasteiger partial charge on any atom is 0.243 e. The summed E-state index contributed by atoms with van der Waals surface area (Å²) < 4.78 is 42.3. The van der Waals surface area contributed by atoms with Crippen LogP contribution in [0.5, 0.6) is 17.2 Å². The summed E-state index contributed by atoms with van der Waals surface area (Å²) in [5.74, 6) is 1.31. The van der Waals surface area contributed by atoms with Gasteiger partial charge in [0.2, 0.25) is 15.9 Å².